The first kappa shape index (κ1) is 32.3. The van der Waals surface area contributed by atoms with Gasteiger partial charge in [-0.05, 0) is 56.5 Å². The van der Waals surface area contributed by atoms with Crippen LogP contribution in [-0.4, -0.2) is 38.7 Å². The Bertz CT molecular complexity index is 1240. The van der Waals surface area contributed by atoms with E-state index in [-0.39, 0.29) is 23.0 Å². The van der Waals surface area contributed by atoms with Crippen LogP contribution in [0.1, 0.15) is 68.4 Å². The predicted octanol–water partition coefficient (Wildman–Crippen LogP) is 7.91. The fourth-order valence-electron chi connectivity index (χ4n) is 3.86. The van der Waals surface area contributed by atoms with E-state index in [0.29, 0.717) is 11.4 Å². The maximum absolute atomic E-state index is 12.7. The van der Waals surface area contributed by atoms with E-state index in [1.807, 2.05) is 61.5 Å². The smallest absolute Gasteiger partial charge is 0.405 e. The summed E-state index contributed by atoms with van der Waals surface area (Å²) in [7, 11) is 2.68. The van der Waals surface area contributed by atoms with E-state index in [2.05, 4.69) is 6.92 Å². The molecule has 0 bridgehead atoms. The molecule has 0 aliphatic heterocycles. The summed E-state index contributed by atoms with van der Waals surface area (Å²) >= 11 is 0. The van der Waals surface area contributed by atoms with Crippen molar-refractivity contribution in [2.24, 2.45) is 0 Å². The Kier molecular flexibility index (Phi) is 11.6. The zero-order chi connectivity index (χ0) is 30.0. The van der Waals surface area contributed by atoms with Gasteiger partial charge in [-0.15, -0.1) is 0 Å². The number of aryl methyl sites for hydroxylation is 1. The summed E-state index contributed by atoms with van der Waals surface area (Å²) in [6.07, 6.45) is 1.86. The highest BCUT2D eigenvalue weighted by Crippen LogP contribution is 2.39. The van der Waals surface area contributed by atoms with Gasteiger partial charge in [0.25, 0.3) is 5.91 Å². The number of nitrogens with zero attached hydrogens (tertiary/aromatic N) is 1. The molecule has 7 nitrogen and oxygen atoms in total. The molecule has 1 amide bonds. The van der Waals surface area contributed by atoms with Crippen LogP contribution in [0.2, 0.25) is 0 Å². The maximum atomic E-state index is 12.7. The summed E-state index contributed by atoms with van der Waals surface area (Å²) in [5.41, 5.74) is 4.04. The number of nitrogens with one attached hydrogen (secondary N) is 2. The zero-order valence-electron chi connectivity index (χ0n) is 24.1. The number of rotatable bonds is 12. The van der Waals surface area contributed by atoms with Gasteiger partial charge in [-0.25, -0.2) is 0 Å². The number of benzene rings is 2. The van der Waals surface area contributed by atoms with Gasteiger partial charge in [0.05, 0.1) is 19.9 Å². The largest absolute Gasteiger partial charge is 0.496 e. The highest BCUT2D eigenvalue weighted by atomic mass is 19.4. The summed E-state index contributed by atoms with van der Waals surface area (Å²) in [6, 6.07) is 8.98. The standard InChI is InChI=1S/C30H38F3N3O4/c1-8-10-11-25(40-21(5)34)22-12-13-24(20(4)14-22)36(17-19(3)9-2)23-15-26(38-6)28(27(16-23)39-7)29(37)35-18-30(31,32)33/h11-17,34H,8-10,18H2,1-7H3,(H,35,37)/b19-17-,25-11+,34-21?. The van der Waals surface area contributed by atoms with Gasteiger partial charge < -0.3 is 24.4 Å². The molecular formula is C30H38F3N3O4. The normalized spacial score (nSPS) is 12.2. The molecule has 0 fully saturated rings. The van der Waals surface area contributed by atoms with Gasteiger partial charge in [-0.2, -0.15) is 13.2 Å². The number of carbonyl (C=O) groups excluding carboxylic acids is 1. The first-order valence-corrected chi connectivity index (χ1v) is 13.0. The summed E-state index contributed by atoms with van der Waals surface area (Å²) in [6.45, 7) is 8.12. The van der Waals surface area contributed by atoms with Crippen molar-refractivity contribution in [3.8, 4) is 11.5 Å². The Morgan fingerprint density at radius 1 is 1.07 bits per heavy atom. The number of alkyl halides is 3. The zero-order valence-corrected chi connectivity index (χ0v) is 24.1. The molecule has 40 heavy (non-hydrogen) atoms. The first-order valence-electron chi connectivity index (χ1n) is 13.0. The Balaban J connectivity index is 2.67. The highest BCUT2D eigenvalue weighted by molar-refractivity contribution is 6.00. The second kappa shape index (κ2) is 14.4. The van der Waals surface area contributed by atoms with Crippen LogP contribution in [0.5, 0.6) is 11.5 Å². The number of allylic oxidation sites excluding steroid dienone is 2. The van der Waals surface area contributed by atoms with Gasteiger partial charge in [0.2, 0.25) is 0 Å². The van der Waals surface area contributed by atoms with Crippen LogP contribution in [0.3, 0.4) is 0 Å². The fourth-order valence-corrected chi connectivity index (χ4v) is 3.86. The lowest BCUT2D eigenvalue weighted by Crippen LogP contribution is -2.34. The number of methoxy groups -OCH3 is 2. The van der Waals surface area contributed by atoms with Gasteiger partial charge >= 0.3 is 6.18 Å². The lowest BCUT2D eigenvalue weighted by molar-refractivity contribution is -0.123. The SMILES string of the molecule is CCC/C=C(/OC(C)=N)c1ccc(N(/C=C(/C)CC)c2cc(OC)c(C(=O)NCC(F)(F)F)c(OC)c2)c(C)c1. The molecule has 2 N–H and O–H groups in total. The molecule has 218 valence electrons. The molecule has 0 unspecified atom stereocenters. The van der Waals surface area contributed by atoms with Crippen LogP contribution >= 0.6 is 0 Å². The van der Waals surface area contributed by atoms with Crippen LogP contribution in [0.15, 0.2) is 48.2 Å². The summed E-state index contributed by atoms with van der Waals surface area (Å²) in [5, 5.41) is 9.66. The third kappa shape index (κ3) is 8.79. The minimum Gasteiger partial charge on any atom is -0.496 e. The molecule has 0 aromatic heterocycles. The Morgan fingerprint density at radius 3 is 2.17 bits per heavy atom. The van der Waals surface area contributed by atoms with Gasteiger partial charge in [-0.3, -0.25) is 10.2 Å². The molecule has 0 radical (unpaired) electrons. The van der Waals surface area contributed by atoms with Crippen LogP contribution in [0.4, 0.5) is 24.5 Å². The number of unbranched alkanes of at least 4 members (excludes halogenated alkanes) is 1. The van der Waals surface area contributed by atoms with Crippen molar-refractivity contribution in [2.45, 2.75) is 60.1 Å². The molecule has 2 rings (SSSR count). The van der Waals surface area contributed by atoms with Crippen molar-refractivity contribution < 1.29 is 32.2 Å². The lowest BCUT2D eigenvalue weighted by Gasteiger charge is -2.26. The van der Waals surface area contributed by atoms with Gasteiger partial charge in [-0.1, -0.05) is 25.8 Å². The molecule has 0 aliphatic rings. The number of hydrogen-bond donors (Lipinski definition) is 2. The van der Waals surface area contributed by atoms with E-state index in [1.54, 1.807) is 19.1 Å². The van der Waals surface area contributed by atoms with Crippen molar-refractivity contribution >= 4 is 28.9 Å². The van der Waals surface area contributed by atoms with Crippen LogP contribution in [0.25, 0.3) is 5.76 Å². The molecule has 0 aliphatic carbocycles. The number of anilines is 2. The van der Waals surface area contributed by atoms with E-state index >= 15 is 0 Å². The minimum absolute atomic E-state index is 0.0653. The second-order valence-electron chi connectivity index (χ2n) is 9.24. The average Bonchev–Trinajstić information content (AvgIpc) is 2.91. The second-order valence-corrected chi connectivity index (χ2v) is 9.24. The average molecular weight is 562 g/mol. The molecule has 0 saturated carbocycles. The maximum Gasteiger partial charge on any atom is 0.405 e. The molecular weight excluding hydrogens is 523 g/mol. The summed E-state index contributed by atoms with van der Waals surface area (Å²) in [4.78, 5) is 14.6. The highest BCUT2D eigenvalue weighted by Gasteiger charge is 2.30. The minimum atomic E-state index is -4.56. The fraction of sp³-hybridized carbons (Fsp3) is 0.400. The number of hydrogen-bond acceptors (Lipinski definition) is 6. The van der Waals surface area contributed by atoms with E-state index < -0.39 is 18.6 Å². The lowest BCUT2D eigenvalue weighted by atomic mass is 10.0. The van der Waals surface area contributed by atoms with E-state index in [4.69, 9.17) is 19.6 Å². The molecule has 2 aromatic carbocycles. The Hall–Kier alpha value is -3.95. The van der Waals surface area contributed by atoms with Gasteiger partial charge in [0.1, 0.15) is 29.4 Å². The van der Waals surface area contributed by atoms with E-state index in [9.17, 15) is 18.0 Å². The number of carbonyl (C=O) groups is 1. The molecule has 10 heteroatoms. The molecule has 0 heterocycles. The van der Waals surface area contributed by atoms with Crippen LogP contribution in [-0.2, 0) is 4.74 Å². The predicted molar refractivity (Wildman–Crippen MR) is 153 cm³/mol. The van der Waals surface area contributed by atoms with E-state index in [0.717, 1.165) is 41.6 Å². The molecule has 0 atom stereocenters. The quantitative estimate of drug-likeness (QED) is 0.156. The van der Waals surface area contributed by atoms with Gasteiger partial charge in [0, 0.05) is 36.5 Å². The summed E-state index contributed by atoms with van der Waals surface area (Å²) < 4.78 is 54.8. The molecule has 2 aromatic rings. The number of ether oxygens (including phenoxy) is 3. The monoisotopic (exact) mass is 561 g/mol. The topological polar surface area (TPSA) is 83.9 Å². The van der Waals surface area contributed by atoms with Crippen molar-refractivity contribution in [1.82, 2.24) is 5.32 Å². The van der Waals surface area contributed by atoms with Crippen molar-refractivity contribution in [3.05, 3.63) is 64.9 Å². The van der Waals surface area contributed by atoms with Crippen LogP contribution in [0, 0.1) is 12.3 Å². The van der Waals surface area contributed by atoms with Crippen molar-refractivity contribution in [2.75, 3.05) is 25.7 Å². The van der Waals surface area contributed by atoms with Crippen molar-refractivity contribution in [1.29, 1.82) is 5.41 Å². The Morgan fingerprint density at radius 2 is 1.70 bits per heavy atom. The Labute approximate surface area is 234 Å². The third-order valence-electron chi connectivity index (χ3n) is 5.97. The van der Waals surface area contributed by atoms with E-state index in [1.165, 1.54) is 14.2 Å². The van der Waals surface area contributed by atoms with Crippen molar-refractivity contribution in [3.63, 3.8) is 0 Å². The summed E-state index contributed by atoms with van der Waals surface area (Å²) in [5.74, 6) is -0.136. The number of amides is 1. The molecule has 0 spiro atoms. The first-order chi connectivity index (χ1) is 18.8. The third-order valence-corrected chi connectivity index (χ3v) is 5.97. The molecule has 0 saturated heterocycles. The van der Waals surface area contributed by atoms with Gasteiger partial charge in [0.15, 0.2) is 5.90 Å². The number of halogens is 3. The van der Waals surface area contributed by atoms with Crippen LogP contribution < -0.4 is 19.7 Å².